The number of carbonyl (C=O) groups is 3. The summed E-state index contributed by atoms with van der Waals surface area (Å²) in [7, 11) is 0. The number of halogens is 3. The van der Waals surface area contributed by atoms with Gasteiger partial charge in [0, 0.05) is 22.5 Å². The Labute approximate surface area is 271 Å². The summed E-state index contributed by atoms with van der Waals surface area (Å²) in [5.41, 5.74) is -0.695. The molecule has 1 saturated heterocycles. The quantitative estimate of drug-likeness (QED) is 0.180. The topological polar surface area (TPSA) is 149 Å². The summed E-state index contributed by atoms with van der Waals surface area (Å²) < 4.78 is 37.3. The van der Waals surface area contributed by atoms with Gasteiger partial charge in [-0.15, -0.1) is 0 Å². The number of carbonyl (C=O) groups excluding carboxylic acids is 3. The Hall–Kier alpha value is -3.32. The number of alkyl halides is 2. The Balaban J connectivity index is 1.34. The van der Waals surface area contributed by atoms with Crippen LogP contribution in [0, 0.1) is 11.3 Å². The minimum Gasteiger partial charge on any atom is -0.434 e. The first-order chi connectivity index (χ1) is 21.8. The second-order valence-corrected chi connectivity index (χ2v) is 13.5. The smallest absolute Gasteiger partial charge is 0.408 e. The molecule has 0 radical (unpaired) electrons. The Kier molecular flexibility index (Phi) is 10.5. The van der Waals surface area contributed by atoms with Crippen molar-refractivity contribution in [1.82, 2.24) is 21.3 Å². The van der Waals surface area contributed by atoms with Crippen molar-refractivity contribution in [2.75, 3.05) is 6.54 Å². The molecule has 10 nitrogen and oxygen atoms in total. The highest BCUT2D eigenvalue weighted by Crippen LogP contribution is 2.49. The van der Waals surface area contributed by atoms with Gasteiger partial charge in [-0.05, 0) is 74.6 Å². The highest BCUT2D eigenvalue weighted by atomic mass is 35.5. The normalized spacial score (nSPS) is 23.0. The summed E-state index contributed by atoms with van der Waals surface area (Å²) in [5, 5.41) is 32.3. The lowest BCUT2D eigenvalue weighted by Crippen LogP contribution is -2.57. The molecule has 2 saturated carbocycles. The van der Waals surface area contributed by atoms with E-state index in [0.717, 1.165) is 31.7 Å². The van der Waals surface area contributed by atoms with E-state index in [1.807, 2.05) is 6.92 Å². The number of hydrogen-bond acceptors (Lipinski definition) is 7. The van der Waals surface area contributed by atoms with Crippen molar-refractivity contribution in [3.63, 3.8) is 0 Å². The fourth-order valence-corrected chi connectivity index (χ4v) is 5.98. The van der Waals surface area contributed by atoms with Gasteiger partial charge in [0.25, 0.3) is 5.91 Å². The first-order valence-corrected chi connectivity index (χ1v) is 16.1. The molecule has 3 fully saturated rings. The highest BCUT2D eigenvalue weighted by Gasteiger charge is 2.47. The van der Waals surface area contributed by atoms with E-state index in [-0.39, 0.29) is 40.8 Å². The van der Waals surface area contributed by atoms with Gasteiger partial charge in [0.2, 0.25) is 5.91 Å². The number of rotatable bonds is 14. The first kappa shape index (κ1) is 34.0. The third-order valence-electron chi connectivity index (χ3n) is 9.05. The number of alkyl carbamates (subject to hydrolysis) is 1. The molecular formula is C33H41ClF2N4O6. The molecule has 0 aromatic heterocycles. The van der Waals surface area contributed by atoms with Gasteiger partial charge in [-0.3, -0.25) is 14.9 Å². The van der Waals surface area contributed by atoms with Crippen LogP contribution in [0.2, 0.25) is 5.02 Å². The maximum Gasteiger partial charge on any atom is 0.408 e. The second-order valence-electron chi connectivity index (χ2n) is 13.1. The van der Waals surface area contributed by atoms with E-state index in [9.17, 15) is 24.6 Å². The first-order valence-electron chi connectivity index (χ1n) is 15.7. The molecule has 3 unspecified atom stereocenters. The van der Waals surface area contributed by atoms with Gasteiger partial charge < -0.3 is 30.9 Å². The van der Waals surface area contributed by atoms with E-state index in [2.05, 4.69) is 21.3 Å². The average molecular weight is 663 g/mol. The van der Waals surface area contributed by atoms with Crippen molar-refractivity contribution in [2.24, 2.45) is 11.3 Å². The molecule has 0 bridgehead atoms. The molecule has 1 aliphatic heterocycles. The number of aliphatic hydroxyl groups excluding tert-OH is 2. The molecule has 1 heterocycles. The van der Waals surface area contributed by atoms with E-state index in [1.165, 1.54) is 30.3 Å². The number of benzene rings is 2. The van der Waals surface area contributed by atoms with E-state index in [1.54, 1.807) is 18.2 Å². The van der Waals surface area contributed by atoms with Gasteiger partial charge in [-0.25, -0.2) is 4.79 Å². The van der Waals surface area contributed by atoms with Gasteiger partial charge >= 0.3 is 12.0 Å². The van der Waals surface area contributed by atoms with Crippen molar-refractivity contribution in [3.8, 4) is 0 Å². The summed E-state index contributed by atoms with van der Waals surface area (Å²) in [6.45, 7) is 2.48. The fourth-order valence-electron chi connectivity index (χ4n) is 5.79. The Bertz CT molecular complexity index is 1390. The minimum atomic E-state index is -3.69. The molecular weight excluding hydrogens is 622 g/mol. The predicted molar refractivity (Wildman–Crippen MR) is 166 cm³/mol. The summed E-state index contributed by atoms with van der Waals surface area (Å²) in [5.74, 6) is -5.37. The molecule has 3 amide bonds. The molecule has 13 heteroatoms. The lowest BCUT2D eigenvalue weighted by molar-refractivity contribution is -0.133. The Morgan fingerprint density at radius 1 is 1.07 bits per heavy atom. The molecule has 2 aromatic carbocycles. The van der Waals surface area contributed by atoms with Gasteiger partial charge in [0.05, 0.1) is 6.04 Å². The maximum absolute atomic E-state index is 15.9. The second kappa shape index (κ2) is 14.2. The lowest BCUT2D eigenvalue weighted by atomic mass is 9.93. The third kappa shape index (κ3) is 8.72. The number of amides is 3. The van der Waals surface area contributed by atoms with Crippen molar-refractivity contribution in [2.45, 2.75) is 94.4 Å². The largest absolute Gasteiger partial charge is 0.434 e. The van der Waals surface area contributed by atoms with Crippen molar-refractivity contribution < 1.29 is 38.1 Å². The highest BCUT2D eigenvalue weighted by molar-refractivity contribution is 6.30. The summed E-state index contributed by atoms with van der Waals surface area (Å²) in [6.07, 6.45) is -1.74. The van der Waals surface area contributed by atoms with Crippen LogP contribution in [-0.4, -0.2) is 65.1 Å². The van der Waals surface area contributed by atoms with E-state index in [0.29, 0.717) is 13.0 Å². The SMILES string of the molecule is CC1(C[C@H](NC(=O)OC(c2ccccc2)C(F)(F)c2cccc(Cl)c2)C(=O)N[C@@H](C[C@@H]2CCNC2O)C(O)C(=O)NC2CC2)CC1. The van der Waals surface area contributed by atoms with Gasteiger partial charge in [-0.2, -0.15) is 8.78 Å². The van der Waals surface area contributed by atoms with Gasteiger partial charge in [-0.1, -0.05) is 61.0 Å². The zero-order valence-corrected chi connectivity index (χ0v) is 26.3. The van der Waals surface area contributed by atoms with E-state index in [4.69, 9.17) is 16.3 Å². The van der Waals surface area contributed by atoms with Crippen LogP contribution >= 0.6 is 11.6 Å². The van der Waals surface area contributed by atoms with Gasteiger partial charge in [0.1, 0.15) is 12.3 Å². The number of aliphatic hydroxyl groups is 2. The lowest BCUT2D eigenvalue weighted by Gasteiger charge is -2.31. The third-order valence-corrected chi connectivity index (χ3v) is 9.28. The van der Waals surface area contributed by atoms with Crippen LogP contribution in [0.3, 0.4) is 0 Å². The zero-order valence-electron chi connectivity index (χ0n) is 25.6. The molecule has 5 rings (SSSR count). The summed E-state index contributed by atoms with van der Waals surface area (Å²) >= 11 is 5.99. The van der Waals surface area contributed by atoms with Crippen LogP contribution in [0.5, 0.6) is 0 Å². The zero-order chi connectivity index (χ0) is 33.1. The van der Waals surface area contributed by atoms with Crippen LogP contribution in [0.1, 0.15) is 69.1 Å². The van der Waals surface area contributed by atoms with Gasteiger partial charge in [0.15, 0.2) is 12.2 Å². The predicted octanol–water partition coefficient (Wildman–Crippen LogP) is 3.90. The van der Waals surface area contributed by atoms with Crippen LogP contribution in [-0.2, 0) is 20.2 Å². The molecule has 2 aliphatic carbocycles. The average Bonchev–Trinajstić information content (AvgIpc) is 3.95. The van der Waals surface area contributed by atoms with Crippen LogP contribution in [0.4, 0.5) is 13.6 Å². The number of ether oxygens (including phenoxy) is 1. The Morgan fingerprint density at radius 2 is 1.78 bits per heavy atom. The molecule has 3 aliphatic rings. The van der Waals surface area contributed by atoms with E-state index >= 15 is 8.78 Å². The van der Waals surface area contributed by atoms with Crippen molar-refractivity contribution in [1.29, 1.82) is 0 Å². The monoisotopic (exact) mass is 662 g/mol. The molecule has 250 valence electrons. The van der Waals surface area contributed by atoms with Crippen LogP contribution < -0.4 is 21.3 Å². The van der Waals surface area contributed by atoms with Crippen LogP contribution in [0.25, 0.3) is 0 Å². The summed E-state index contributed by atoms with van der Waals surface area (Å²) in [4.78, 5) is 39.9. The van der Waals surface area contributed by atoms with Crippen molar-refractivity contribution >= 4 is 29.5 Å². The molecule has 0 spiro atoms. The van der Waals surface area contributed by atoms with E-state index < -0.39 is 59.9 Å². The number of nitrogens with one attached hydrogen (secondary N) is 4. The van der Waals surface area contributed by atoms with Crippen molar-refractivity contribution in [3.05, 3.63) is 70.7 Å². The minimum absolute atomic E-state index is 0.0289. The van der Waals surface area contributed by atoms with Crippen LogP contribution in [0.15, 0.2) is 54.6 Å². The standard InChI is InChI=1S/C33H41ClF2N4O6/c1-32(13-14-32)18-25(29(43)39-24(16-20-12-15-37-28(20)42)26(41)30(44)38-23-10-11-23)40-31(45)46-27(19-6-3-2-4-7-19)33(35,36)21-8-5-9-22(34)17-21/h2-9,17,20,23-28,37,41-42H,10-16,18H2,1H3,(H,38,44)(H,39,43)(H,40,45)/t20-,24-,25-,26?,27?,28?/m0/s1. The maximum atomic E-state index is 15.9. The fraction of sp³-hybridized carbons (Fsp3) is 0.545. The molecule has 2 aromatic rings. The summed E-state index contributed by atoms with van der Waals surface area (Å²) in [6, 6.07) is 10.4. The molecule has 6 N–H and O–H groups in total. The number of hydrogen-bond donors (Lipinski definition) is 6. The molecule has 6 atom stereocenters. The molecule has 46 heavy (non-hydrogen) atoms. The Morgan fingerprint density at radius 3 is 2.39 bits per heavy atom.